The summed E-state index contributed by atoms with van der Waals surface area (Å²) in [6.45, 7) is 9.83. The number of rotatable bonds is 3. The van der Waals surface area contributed by atoms with Crippen LogP contribution in [0.4, 0.5) is 0 Å². The van der Waals surface area contributed by atoms with Crippen molar-refractivity contribution in [2.24, 2.45) is 5.92 Å². The first-order valence-electron chi connectivity index (χ1n) is 5.70. The lowest BCUT2D eigenvalue weighted by atomic mass is 10.1. The Bertz CT molecular complexity index is 220. The van der Waals surface area contributed by atoms with Crippen LogP contribution in [0.3, 0.4) is 0 Å². The monoisotopic (exact) mass is 197 g/mol. The Morgan fingerprint density at radius 2 is 2.07 bits per heavy atom. The number of hydrogen-bond donors (Lipinski definition) is 0. The number of nitrogens with zero attached hydrogens (tertiary/aromatic N) is 1. The van der Waals surface area contributed by atoms with Crippen LogP contribution in [0.1, 0.15) is 40.5 Å². The number of likely N-dealkylation sites (N-methyl/N-ethyl adjacent to an activating group) is 1. The molecule has 0 fully saturated rings. The molecule has 1 atom stereocenters. The average Bonchev–Trinajstić information content (AvgIpc) is 2.16. The van der Waals surface area contributed by atoms with Crippen LogP contribution in [-0.4, -0.2) is 24.6 Å². The fraction of sp³-hybridized carbons (Fsp3) is 0.833. The Labute approximate surface area is 87.9 Å². The summed E-state index contributed by atoms with van der Waals surface area (Å²) in [6, 6.07) is 0. The van der Waals surface area contributed by atoms with Crippen LogP contribution in [0.2, 0.25) is 0 Å². The molecule has 0 amide bonds. The van der Waals surface area contributed by atoms with Crippen molar-refractivity contribution in [2.45, 2.75) is 46.6 Å². The van der Waals surface area contributed by atoms with Crippen LogP contribution in [-0.2, 0) is 4.74 Å². The second-order valence-corrected chi connectivity index (χ2v) is 4.35. The lowest BCUT2D eigenvalue weighted by molar-refractivity contribution is 0.0384. The molecule has 0 spiro atoms. The van der Waals surface area contributed by atoms with Gasteiger partial charge in [0.1, 0.15) is 11.9 Å². The third kappa shape index (κ3) is 2.23. The van der Waals surface area contributed by atoms with Crippen molar-refractivity contribution in [1.29, 1.82) is 0 Å². The predicted octanol–water partition coefficient (Wildman–Crippen LogP) is 3.00. The first kappa shape index (κ1) is 11.4. The highest BCUT2D eigenvalue weighted by atomic mass is 16.5. The second kappa shape index (κ2) is 4.72. The smallest absolute Gasteiger partial charge is 0.118 e. The minimum absolute atomic E-state index is 0.382. The van der Waals surface area contributed by atoms with Gasteiger partial charge in [-0.2, -0.15) is 0 Å². The lowest BCUT2D eigenvalue weighted by Gasteiger charge is -2.37. The van der Waals surface area contributed by atoms with Crippen LogP contribution in [0.25, 0.3) is 0 Å². The maximum Gasteiger partial charge on any atom is 0.118 e. The van der Waals surface area contributed by atoms with E-state index in [0.717, 1.165) is 19.4 Å². The van der Waals surface area contributed by atoms with E-state index in [9.17, 15) is 0 Å². The summed E-state index contributed by atoms with van der Waals surface area (Å²) in [4.78, 5) is 2.35. The van der Waals surface area contributed by atoms with Crippen molar-refractivity contribution < 1.29 is 4.74 Å². The Hall–Kier alpha value is -0.660. The molecule has 1 aliphatic rings. The van der Waals surface area contributed by atoms with Gasteiger partial charge in [-0.15, -0.1) is 0 Å². The van der Waals surface area contributed by atoms with E-state index in [0.29, 0.717) is 12.0 Å². The van der Waals surface area contributed by atoms with Crippen molar-refractivity contribution in [1.82, 2.24) is 4.90 Å². The standard InChI is InChI=1S/C12H23NO/c1-6-10-8-13(5)11(7-2)12(14-10)9(3)4/h9-10H,6-8H2,1-5H3. The maximum atomic E-state index is 6.01. The van der Waals surface area contributed by atoms with Crippen molar-refractivity contribution in [3.63, 3.8) is 0 Å². The quantitative estimate of drug-likeness (QED) is 0.689. The van der Waals surface area contributed by atoms with Gasteiger partial charge in [0, 0.05) is 13.0 Å². The molecule has 14 heavy (non-hydrogen) atoms. The van der Waals surface area contributed by atoms with Gasteiger partial charge in [0.2, 0.25) is 0 Å². The van der Waals surface area contributed by atoms with E-state index in [1.807, 2.05) is 0 Å². The first-order valence-corrected chi connectivity index (χ1v) is 5.70. The second-order valence-electron chi connectivity index (χ2n) is 4.35. The highest BCUT2D eigenvalue weighted by molar-refractivity contribution is 5.12. The summed E-state index contributed by atoms with van der Waals surface area (Å²) in [5, 5.41) is 0. The van der Waals surface area contributed by atoms with Crippen LogP contribution in [0.5, 0.6) is 0 Å². The Morgan fingerprint density at radius 1 is 1.43 bits per heavy atom. The highest BCUT2D eigenvalue weighted by Gasteiger charge is 2.25. The molecule has 0 aromatic heterocycles. The van der Waals surface area contributed by atoms with Gasteiger partial charge in [0.15, 0.2) is 0 Å². The molecular formula is C12H23NO. The first-order chi connectivity index (χ1) is 6.60. The molecule has 2 nitrogen and oxygen atoms in total. The zero-order chi connectivity index (χ0) is 10.7. The molecule has 82 valence electrons. The summed E-state index contributed by atoms with van der Waals surface area (Å²) in [5.41, 5.74) is 1.38. The molecule has 0 aliphatic carbocycles. The zero-order valence-corrected chi connectivity index (χ0v) is 10.1. The molecule has 1 aliphatic heterocycles. The topological polar surface area (TPSA) is 12.5 Å². The molecule has 1 heterocycles. The molecule has 0 saturated heterocycles. The van der Waals surface area contributed by atoms with Gasteiger partial charge in [-0.1, -0.05) is 27.7 Å². The van der Waals surface area contributed by atoms with Crippen LogP contribution >= 0.6 is 0 Å². The lowest BCUT2D eigenvalue weighted by Crippen LogP contribution is -2.37. The van der Waals surface area contributed by atoms with Crippen LogP contribution < -0.4 is 0 Å². The summed E-state index contributed by atoms with van der Waals surface area (Å²) in [6.07, 6.45) is 2.55. The van der Waals surface area contributed by atoms with Crippen molar-refractivity contribution in [3.05, 3.63) is 11.5 Å². The molecule has 0 bridgehead atoms. The van der Waals surface area contributed by atoms with E-state index < -0.39 is 0 Å². The number of ether oxygens (including phenoxy) is 1. The third-order valence-corrected chi connectivity index (χ3v) is 2.83. The SMILES string of the molecule is CCC1=C(C(C)C)OC(CC)CN1C. The van der Waals surface area contributed by atoms with Crippen molar-refractivity contribution in [3.8, 4) is 0 Å². The summed E-state index contributed by atoms with van der Waals surface area (Å²) in [7, 11) is 2.17. The molecule has 0 aromatic carbocycles. The van der Waals surface area contributed by atoms with E-state index in [2.05, 4.69) is 39.6 Å². The van der Waals surface area contributed by atoms with Crippen LogP contribution in [0, 0.1) is 5.92 Å². The fourth-order valence-corrected chi connectivity index (χ4v) is 2.01. The average molecular weight is 197 g/mol. The maximum absolute atomic E-state index is 6.01. The fourth-order valence-electron chi connectivity index (χ4n) is 2.01. The highest BCUT2D eigenvalue weighted by Crippen LogP contribution is 2.28. The van der Waals surface area contributed by atoms with Gasteiger partial charge < -0.3 is 9.64 Å². The van der Waals surface area contributed by atoms with Gasteiger partial charge in [-0.05, 0) is 12.8 Å². The van der Waals surface area contributed by atoms with Crippen molar-refractivity contribution >= 4 is 0 Å². The van der Waals surface area contributed by atoms with Gasteiger partial charge in [0.05, 0.1) is 12.2 Å². The predicted molar refractivity (Wildman–Crippen MR) is 59.9 cm³/mol. The Kier molecular flexibility index (Phi) is 3.85. The number of allylic oxidation sites excluding steroid dienone is 2. The molecule has 1 rings (SSSR count). The van der Waals surface area contributed by atoms with Gasteiger partial charge >= 0.3 is 0 Å². The van der Waals surface area contributed by atoms with Gasteiger partial charge in [-0.3, -0.25) is 0 Å². The largest absolute Gasteiger partial charge is 0.491 e. The van der Waals surface area contributed by atoms with E-state index >= 15 is 0 Å². The Morgan fingerprint density at radius 3 is 2.50 bits per heavy atom. The summed E-state index contributed by atoms with van der Waals surface area (Å²) in [5.74, 6) is 1.70. The Balaban J connectivity index is 2.89. The molecule has 0 radical (unpaired) electrons. The zero-order valence-electron chi connectivity index (χ0n) is 10.1. The molecule has 1 unspecified atom stereocenters. The van der Waals surface area contributed by atoms with Gasteiger partial charge in [0.25, 0.3) is 0 Å². The normalized spacial score (nSPS) is 23.0. The third-order valence-electron chi connectivity index (χ3n) is 2.83. The molecule has 0 N–H and O–H groups in total. The number of hydrogen-bond acceptors (Lipinski definition) is 2. The molecule has 0 saturated carbocycles. The van der Waals surface area contributed by atoms with Crippen molar-refractivity contribution in [2.75, 3.05) is 13.6 Å². The van der Waals surface area contributed by atoms with Crippen LogP contribution in [0.15, 0.2) is 11.5 Å². The van der Waals surface area contributed by atoms with Gasteiger partial charge in [-0.25, -0.2) is 0 Å². The van der Waals surface area contributed by atoms with E-state index in [-0.39, 0.29) is 0 Å². The van der Waals surface area contributed by atoms with E-state index in [1.54, 1.807) is 0 Å². The summed E-state index contributed by atoms with van der Waals surface area (Å²) < 4.78 is 6.01. The molecule has 0 aromatic rings. The summed E-state index contributed by atoms with van der Waals surface area (Å²) >= 11 is 0. The molecule has 2 heteroatoms. The molecular weight excluding hydrogens is 174 g/mol. The van der Waals surface area contributed by atoms with E-state index in [1.165, 1.54) is 11.5 Å². The minimum Gasteiger partial charge on any atom is -0.491 e. The van der Waals surface area contributed by atoms with E-state index in [4.69, 9.17) is 4.74 Å². The minimum atomic E-state index is 0.382.